The topological polar surface area (TPSA) is 38.9 Å². The van der Waals surface area contributed by atoms with Crippen molar-refractivity contribution >= 4 is 43.7 Å². The monoisotopic (exact) mass is 574 g/mol. The minimum absolute atomic E-state index is 0.857. The summed E-state index contributed by atoms with van der Waals surface area (Å²) >= 11 is 0. The van der Waals surface area contributed by atoms with Crippen molar-refractivity contribution in [3.63, 3.8) is 0 Å². The van der Waals surface area contributed by atoms with Crippen molar-refractivity contribution in [3.05, 3.63) is 158 Å². The number of hydrogen-bond donors (Lipinski definition) is 0. The Morgan fingerprint density at radius 1 is 0.378 bits per heavy atom. The van der Waals surface area contributed by atoms with Crippen LogP contribution in [0, 0.1) is 0 Å². The zero-order valence-electron chi connectivity index (χ0n) is 24.3. The lowest BCUT2D eigenvalue weighted by Gasteiger charge is -2.13. The summed E-state index contributed by atoms with van der Waals surface area (Å²) in [5.41, 5.74) is 11.9. The van der Waals surface area contributed by atoms with Crippen molar-refractivity contribution in [1.82, 2.24) is 9.97 Å². The van der Waals surface area contributed by atoms with Gasteiger partial charge in [-0.1, -0.05) is 127 Å². The van der Waals surface area contributed by atoms with E-state index in [0.717, 1.165) is 77.4 Å². The van der Waals surface area contributed by atoms with Crippen LogP contribution in [-0.2, 0) is 0 Å². The van der Waals surface area contributed by atoms with Crippen LogP contribution in [0.25, 0.3) is 88.5 Å². The largest absolute Gasteiger partial charge is 0.455 e. The molecule has 2 heterocycles. The van der Waals surface area contributed by atoms with Crippen molar-refractivity contribution in [2.24, 2.45) is 0 Å². The van der Waals surface area contributed by atoms with Gasteiger partial charge in [-0.2, -0.15) is 0 Å². The second kappa shape index (κ2) is 10.3. The fourth-order valence-corrected chi connectivity index (χ4v) is 6.57. The number of hydrogen-bond acceptors (Lipinski definition) is 3. The summed E-state index contributed by atoms with van der Waals surface area (Å²) in [6, 6.07) is 54.8. The smallest absolute Gasteiger partial charge is 0.143 e. The molecule has 2 aromatic heterocycles. The van der Waals surface area contributed by atoms with Gasteiger partial charge in [-0.05, 0) is 58.0 Å². The summed E-state index contributed by atoms with van der Waals surface area (Å²) in [6.07, 6.45) is 0. The molecule has 0 fully saturated rings. The van der Waals surface area contributed by atoms with E-state index >= 15 is 0 Å². The predicted molar refractivity (Wildman–Crippen MR) is 186 cm³/mol. The summed E-state index contributed by atoms with van der Waals surface area (Å²) in [6.45, 7) is 0. The molecule has 0 spiro atoms. The van der Waals surface area contributed by atoms with Gasteiger partial charge < -0.3 is 4.42 Å². The highest BCUT2D eigenvalue weighted by molar-refractivity contribution is 6.22. The van der Waals surface area contributed by atoms with Gasteiger partial charge in [0.1, 0.15) is 11.2 Å². The molecule has 0 N–H and O–H groups in total. The van der Waals surface area contributed by atoms with E-state index in [0.29, 0.717) is 0 Å². The molecule has 3 nitrogen and oxygen atoms in total. The molecule has 45 heavy (non-hydrogen) atoms. The zero-order valence-corrected chi connectivity index (χ0v) is 24.3. The number of nitrogens with zero attached hydrogens (tertiary/aromatic N) is 2. The van der Waals surface area contributed by atoms with Crippen LogP contribution in [-0.4, -0.2) is 9.97 Å². The van der Waals surface area contributed by atoms with Gasteiger partial charge >= 0.3 is 0 Å². The Morgan fingerprint density at radius 2 is 0.978 bits per heavy atom. The number of fused-ring (bicyclic) bond motifs is 6. The number of furan rings is 1. The summed E-state index contributed by atoms with van der Waals surface area (Å²) in [5.74, 6) is 0. The van der Waals surface area contributed by atoms with Crippen molar-refractivity contribution < 1.29 is 4.42 Å². The van der Waals surface area contributed by atoms with E-state index in [9.17, 15) is 0 Å². The van der Waals surface area contributed by atoms with Crippen LogP contribution in [0.5, 0.6) is 0 Å². The Morgan fingerprint density at radius 3 is 1.76 bits per heavy atom. The molecule has 0 amide bonds. The Balaban J connectivity index is 1.36. The van der Waals surface area contributed by atoms with Crippen LogP contribution >= 0.6 is 0 Å². The summed E-state index contributed by atoms with van der Waals surface area (Å²) in [7, 11) is 0. The highest BCUT2D eigenvalue weighted by Crippen LogP contribution is 2.44. The van der Waals surface area contributed by atoms with E-state index in [2.05, 4.69) is 127 Å². The van der Waals surface area contributed by atoms with E-state index in [1.807, 2.05) is 30.3 Å². The van der Waals surface area contributed by atoms with E-state index in [1.54, 1.807) is 0 Å². The van der Waals surface area contributed by atoms with Crippen molar-refractivity contribution in [3.8, 4) is 44.8 Å². The van der Waals surface area contributed by atoms with Crippen LogP contribution in [0.4, 0.5) is 0 Å². The molecule has 0 aliphatic rings. The molecular formula is C42H26N2O. The van der Waals surface area contributed by atoms with Crippen LogP contribution in [0.3, 0.4) is 0 Å². The minimum atomic E-state index is 0.857. The molecule has 0 radical (unpaired) electrons. The van der Waals surface area contributed by atoms with Crippen LogP contribution in [0.1, 0.15) is 0 Å². The maximum atomic E-state index is 6.68. The highest BCUT2D eigenvalue weighted by atomic mass is 16.3. The lowest BCUT2D eigenvalue weighted by molar-refractivity contribution is 0.673. The first-order chi connectivity index (χ1) is 22.3. The summed E-state index contributed by atoms with van der Waals surface area (Å²) in [4.78, 5) is 10.5. The first kappa shape index (κ1) is 25.4. The molecule has 0 saturated heterocycles. The maximum Gasteiger partial charge on any atom is 0.143 e. The Hall–Kier alpha value is -6.06. The van der Waals surface area contributed by atoms with Crippen LogP contribution < -0.4 is 0 Å². The second-order valence-electron chi connectivity index (χ2n) is 11.3. The van der Waals surface area contributed by atoms with E-state index < -0.39 is 0 Å². The van der Waals surface area contributed by atoms with Gasteiger partial charge in [-0.15, -0.1) is 0 Å². The number of rotatable bonds is 4. The van der Waals surface area contributed by atoms with Gasteiger partial charge in [-0.25, -0.2) is 9.97 Å². The van der Waals surface area contributed by atoms with Crippen molar-refractivity contribution in [2.75, 3.05) is 0 Å². The second-order valence-corrected chi connectivity index (χ2v) is 11.3. The van der Waals surface area contributed by atoms with Crippen LogP contribution in [0.2, 0.25) is 0 Å². The molecular weight excluding hydrogens is 548 g/mol. The van der Waals surface area contributed by atoms with Crippen molar-refractivity contribution in [1.29, 1.82) is 0 Å². The van der Waals surface area contributed by atoms with Gasteiger partial charge in [0.25, 0.3) is 0 Å². The van der Waals surface area contributed by atoms with Gasteiger partial charge in [0.05, 0.1) is 22.4 Å². The fourth-order valence-electron chi connectivity index (χ4n) is 6.57. The first-order valence-electron chi connectivity index (χ1n) is 15.2. The van der Waals surface area contributed by atoms with Crippen LogP contribution in [0.15, 0.2) is 162 Å². The number of para-hydroxylation sites is 2. The third-order valence-electron chi connectivity index (χ3n) is 8.66. The number of aromatic nitrogens is 2. The molecule has 0 bridgehead atoms. The normalized spacial score (nSPS) is 11.6. The Kier molecular flexibility index (Phi) is 5.82. The third kappa shape index (κ3) is 4.21. The average molecular weight is 575 g/mol. The molecule has 0 saturated carbocycles. The number of benzene rings is 7. The molecule has 3 heteroatoms. The quantitative estimate of drug-likeness (QED) is 0.210. The molecule has 0 aliphatic carbocycles. The lowest BCUT2D eigenvalue weighted by Crippen LogP contribution is -1.96. The van der Waals surface area contributed by atoms with E-state index in [4.69, 9.17) is 14.4 Å². The van der Waals surface area contributed by atoms with Gasteiger partial charge in [-0.3, -0.25) is 0 Å². The van der Waals surface area contributed by atoms with Gasteiger partial charge in [0.15, 0.2) is 0 Å². The molecule has 0 aliphatic heterocycles. The first-order valence-corrected chi connectivity index (χ1v) is 15.2. The Labute approximate surface area is 260 Å². The predicted octanol–water partition coefficient (Wildman–Crippen LogP) is 11.4. The van der Waals surface area contributed by atoms with Gasteiger partial charge in [0, 0.05) is 27.3 Å². The molecule has 9 aromatic rings. The summed E-state index contributed by atoms with van der Waals surface area (Å²) in [5, 5.41) is 4.30. The molecule has 9 rings (SSSR count). The SMILES string of the molecule is c1ccc(-c2cccc(-c3cccc4oc5c6ccccc6c(-c6nc7ccccc7nc6-c6ccccc6)cc5c34)c2)cc1. The Bertz CT molecular complexity index is 2530. The van der Waals surface area contributed by atoms with Gasteiger partial charge in [0.2, 0.25) is 0 Å². The fraction of sp³-hybridized carbons (Fsp3) is 0. The minimum Gasteiger partial charge on any atom is -0.455 e. The van der Waals surface area contributed by atoms with E-state index in [1.165, 1.54) is 11.1 Å². The molecule has 7 aromatic carbocycles. The lowest BCUT2D eigenvalue weighted by atomic mass is 9.92. The average Bonchev–Trinajstić information content (AvgIpc) is 3.51. The highest BCUT2D eigenvalue weighted by Gasteiger charge is 2.21. The van der Waals surface area contributed by atoms with Crippen molar-refractivity contribution in [2.45, 2.75) is 0 Å². The molecule has 0 atom stereocenters. The molecule has 210 valence electrons. The standard InChI is InChI=1S/C42H26N2O/c1-3-13-27(14-4-1)29-17-11-18-30(25-29)31-21-12-24-38-39(31)35-26-34(32-19-7-8-20-33(32)42(35)45-38)41-40(28-15-5-2-6-16-28)43-36-22-9-10-23-37(36)44-41/h1-26H. The third-order valence-corrected chi connectivity index (χ3v) is 8.66. The maximum absolute atomic E-state index is 6.68. The van der Waals surface area contributed by atoms with E-state index in [-0.39, 0.29) is 0 Å². The molecule has 0 unspecified atom stereocenters. The zero-order chi connectivity index (χ0) is 29.7. The summed E-state index contributed by atoms with van der Waals surface area (Å²) < 4.78 is 6.68.